The maximum atomic E-state index is 12.2. The van der Waals surface area contributed by atoms with Crippen LogP contribution >= 0.6 is 24.1 Å². The molecular weight excluding hydrogens is 961 g/mol. The molecular formula is C33H24N6O18S6. The second-order valence-corrected chi connectivity index (χ2v) is 19.7. The quantitative estimate of drug-likeness (QED) is 0.0219. The normalized spacial score (nSPS) is 12.5. The SMILES string of the molecule is O=S(=O)(O)c1cc(SOOO)c2ccc(Nc3nc(Nc4ccc5c(S(=O)(=O)O)cc(SOOO)cc5c4)nc(Nc4ccc5c(S(=O)(=O)O)cc(S(=O)(=O)O)cc5c4)n3)cc2c1. The molecule has 1 heterocycles. The molecule has 0 amide bonds. The number of benzene rings is 6. The number of fused-ring (bicyclic) bond motifs is 3. The van der Waals surface area contributed by atoms with Gasteiger partial charge in [-0.3, -0.25) is 18.2 Å². The van der Waals surface area contributed by atoms with E-state index in [2.05, 4.69) is 49.6 Å². The highest BCUT2D eigenvalue weighted by Gasteiger charge is 2.22. The van der Waals surface area contributed by atoms with Crippen molar-refractivity contribution in [2.24, 2.45) is 0 Å². The molecule has 0 bridgehead atoms. The zero-order valence-corrected chi connectivity index (χ0v) is 35.4. The zero-order valence-electron chi connectivity index (χ0n) is 30.5. The Balaban J connectivity index is 1.33. The van der Waals surface area contributed by atoms with Gasteiger partial charge < -0.3 is 16.0 Å². The van der Waals surface area contributed by atoms with Crippen molar-refractivity contribution in [3.8, 4) is 0 Å². The number of hydrogen-bond acceptors (Lipinski definition) is 22. The van der Waals surface area contributed by atoms with Gasteiger partial charge in [-0.15, -0.1) is 8.67 Å². The second kappa shape index (κ2) is 17.6. The van der Waals surface area contributed by atoms with Crippen LogP contribution in [0.25, 0.3) is 32.3 Å². The summed E-state index contributed by atoms with van der Waals surface area (Å²) in [5, 5.41) is 34.0. The molecule has 0 unspecified atom stereocenters. The Labute approximate surface area is 362 Å². The van der Waals surface area contributed by atoms with Crippen molar-refractivity contribution in [2.45, 2.75) is 29.4 Å². The Morgan fingerprint density at radius 2 is 0.841 bits per heavy atom. The summed E-state index contributed by atoms with van der Waals surface area (Å²) in [6.07, 6.45) is 0. The van der Waals surface area contributed by atoms with Gasteiger partial charge in [0.05, 0.1) is 33.9 Å². The number of anilines is 6. The van der Waals surface area contributed by atoms with Crippen LogP contribution in [0.1, 0.15) is 0 Å². The lowest BCUT2D eigenvalue weighted by molar-refractivity contribution is -0.432. The van der Waals surface area contributed by atoms with Crippen LogP contribution < -0.4 is 16.0 Å². The molecule has 63 heavy (non-hydrogen) atoms. The van der Waals surface area contributed by atoms with E-state index in [0.29, 0.717) is 35.5 Å². The van der Waals surface area contributed by atoms with Crippen molar-refractivity contribution in [1.82, 2.24) is 15.0 Å². The molecule has 0 radical (unpaired) electrons. The molecule has 0 saturated carbocycles. The van der Waals surface area contributed by atoms with Crippen molar-refractivity contribution in [3.63, 3.8) is 0 Å². The van der Waals surface area contributed by atoms with Crippen molar-refractivity contribution < 1.29 is 81.1 Å². The van der Waals surface area contributed by atoms with E-state index in [1.807, 2.05) is 0 Å². The number of nitrogens with one attached hydrogen (secondary N) is 3. The number of hydrogen-bond donors (Lipinski definition) is 9. The molecule has 30 heteroatoms. The molecule has 0 aliphatic rings. The first-order valence-electron chi connectivity index (χ1n) is 16.6. The van der Waals surface area contributed by atoms with E-state index >= 15 is 0 Å². The molecule has 0 fully saturated rings. The van der Waals surface area contributed by atoms with Gasteiger partial charge in [-0.05, 0) is 94.3 Å². The number of nitrogens with zero attached hydrogens (tertiary/aromatic N) is 3. The van der Waals surface area contributed by atoms with E-state index in [0.717, 1.165) is 24.3 Å². The fourth-order valence-corrected chi connectivity index (χ4v) is 9.83. The minimum absolute atomic E-state index is 0.0728. The second-order valence-electron chi connectivity index (χ2n) is 12.6. The lowest BCUT2D eigenvalue weighted by Crippen LogP contribution is -2.08. The predicted octanol–water partition coefficient (Wildman–Crippen LogP) is 6.41. The van der Waals surface area contributed by atoms with Gasteiger partial charge >= 0.3 is 0 Å². The lowest BCUT2D eigenvalue weighted by Gasteiger charge is -2.14. The van der Waals surface area contributed by atoms with E-state index in [4.69, 9.17) is 10.5 Å². The fourth-order valence-electron chi connectivity index (χ4n) is 6.04. The number of aromatic nitrogens is 3. The van der Waals surface area contributed by atoms with Gasteiger partial charge in [-0.2, -0.15) is 48.6 Å². The average Bonchev–Trinajstić information content (AvgIpc) is 3.19. The number of rotatable bonds is 16. The molecule has 0 aliphatic heterocycles. The Hall–Kier alpha value is -5.39. The molecule has 0 saturated heterocycles. The smallest absolute Gasteiger partial charge is 0.295 e. The van der Waals surface area contributed by atoms with Crippen LogP contribution in [0, 0.1) is 0 Å². The topological polar surface area (TPSA) is 370 Å². The van der Waals surface area contributed by atoms with E-state index in [9.17, 15) is 51.9 Å². The summed E-state index contributed by atoms with van der Waals surface area (Å²) >= 11 is 0.864. The first-order valence-corrected chi connectivity index (χ1v) is 23.8. The summed E-state index contributed by atoms with van der Waals surface area (Å²) in [5.41, 5.74) is 0.582. The summed E-state index contributed by atoms with van der Waals surface area (Å²) in [6.45, 7) is 0. The predicted molar refractivity (Wildman–Crippen MR) is 222 cm³/mol. The summed E-state index contributed by atoms with van der Waals surface area (Å²) in [7, 11) is -19.5. The van der Waals surface area contributed by atoms with Crippen molar-refractivity contribution in [1.29, 1.82) is 0 Å². The summed E-state index contributed by atoms with van der Waals surface area (Å²) in [4.78, 5) is 10.7. The van der Waals surface area contributed by atoms with Crippen LogP contribution in [-0.4, -0.2) is 77.3 Å². The van der Waals surface area contributed by atoms with Crippen LogP contribution in [0.2, 0.25) is 0 Å². The van der Waals surface area contributed by atoms with Gasteiger partial charge in [0.25, 0.3) is 40.5 Å². The molecule has 0 atom stereocenters. The summed E-state index contributed by atoms with van der Waals surface area (Å²) < 4.78 is 145. The van der Waals surface area contributed by atoms with Gasteiger partial charge in [0.1, 0.15) is 9.79 Å². The van der Waals surface area contributed by atoms with Crippen LogP contribution in [0.4, 0.5) is 34.9 Å². The molecule has 9 N–H and O–H groups in total. The van der Waals surface area contributed by atoms with E-state index in [-0.39, 0.29) is 71.6 Å². The highest BCUT2D eigenvalue weighted by molar-refractivity contribution is 7.95. The van der Waals surface area contributed by atoms with Gasteiger partial charge in [-0.25, -0.2) is 10.5 Å². The molecule has 7 aromatic rings. The molecule has 330 valence electrons. The summed E-state index contributed by atoms with van der Waals surface area (Å²) in [6, 6.07) is 18.8. The van der Waals surface area contributed by atoms with Crippen LogP contribution in [0.15, 0.2) is 120 Å². The maximum absolute atomic E-state index is 12.2. The zero-order chi connectivity index (χ0) is 45.5. The molecule has 0 aliphatic carbocycles. The summed E-state index contributed by atoms with van der Waals surface area (Å²) in [5.74, 6) is -0.604. The van der Waals surface area contributed by atoms with Crippen LogP contribution in [-0.2, 0) is 59.2 Å². The average molecular weight is 985 g/mol. The minimum atomic E-state index is -4.99. The third-order valence-corrected chi connectivity index (χ3v) is 13.2. The van der Waals surface area contributed by atoms with Gasteiger partial charge in [0.15, 0.2) is 0 Å². The fraction of sp³-hybridized carbons (Fsp3) is 0. The van der Waals surface area contributed by atoms with Gasteiger partial charge in [-0.1, -0.05) is 28.3 Å². The van der Waals surface area contributed by atoms with Gasteiger partial charge in [0, 0.05) is 37.6 Å². The van der Waals surface area contributed by atoms with Crippen LogP contribution in [0.5, 0.6) is 0 Å². The van der Waals surface area contributed by atoms with E-state index in [1.54, 1.807) is 0 Å². The minimum Gasteiger partial charge on any atom is -0.324 e. The molecule has 7 rings (SSSR count). The van der Waals surface area contributed by atoms with Crippen molar-refractivity contribution in [2.75, 3.05) is 16.0 Å². The van der Waals surface area contributed by atoms with E-state index < -0.39 is 60.1 Å². The Morgan fingerprint density at radius 1 is 0.444 bits per heavy atom. The van der Waals surface area contributed by atoms with Gasteiger partial charge in [0.2, 0.25) is 17.8 Å². The molecule has 6 aromatic carbocycles. The van der Waals surface area contributed by atoms with E-state index in [1.165, 1.54) is 60.7 Å². The third-order valence-electron chi connectivity index (χ3n) is 8.53. The highest BCUT2D eigenvalue weighted by atomic mass is 32.2. The van der Waals surface area contributed by atoms with Crippen LogP contribution in [0.3, 0.4) is 0 Å². The Bertz CT molecular complexity index is 3410. The Kier molecular flexibility index (Phi) is 12.8. The maximum Gasteiger partial charge on any atom is 0.295 e. The lowest BCUT2D eigenvalue weighted by atomic mass is 10.1. The Morgan fingerprint density at radius 3 is 1.29 bits per heavy atom. The standard InChI is InChI=1S/C33H24N6O18S6/c40-54-56-58-22-10-16-7-20(2-5-26(16)29(13-22)62(48,49)50)35-32-37-31(34-19-1-4-25-17(8-19)11-23(60(42,43)44)14-28(25)59-57-55-41)38-33(39-32)36-21-3-6-27-18(9-21)12-24(61(45,46)47)15-30(27)63(51,52)53/h1-15,40-41H,(H,42,43,44)(H,45,46,47)(H,48,49,50)(H,51,52,53)(H3,34,35,36,37,38,39). The van der Waals surface area contributed by atoms with Crippen molar-refractivity contribution in [3.05, 3.63) is 91.0 Å². The molecule has 24 nitrogen and oxygen atoms in total. The third kappa shape index (κ3) is 10.7. The molecule has 1 aromatic heterocycles. The highest BCUT2D eigenvalue weighted by Crippen LogP contribution is 2.36. The first-order chi connectivity index (χ1) is 29.6. The van der Waals surface area contributed by atoms with Crippen molar-refractivity contribution >= 4 is 132 Å². The first kappa shape index (κ1) is 45.6. The monoisotopic (exact) mass is 984 g/mol. The largest absolute Gasteiger partial charge is 0.324 e. The molecule has 0 spiro atoms.